The monoisotopic (exact) mass is 295 g/mol. The van der Waals surface area contributed by atoms with Crippen LogP contribution in [0.15, 0.2) is 32.4 Å². The number of aromatic nitrogens is 3. The van der Waals surface area contributed by atoms with Gasteiger partial charge in [-0.05, 0) is 45.1 Å². The van der Waals surface area contributed by atoms with Gasteiger partial charge in [-0.15, -0.1) is 0 Å². The summed E-state index contributed by atoms with van der Waals surface area (Å²) in [6, 6.07) is 3.50. The van der Waals surface area contributed by atoms with Crippen LogP contribution in [-0.2, 0) is 19.1 Å². The maximum atomic E-state index is 12.5. The van der Waals surface area contributed by atoms with Crippen LogP contribution in [0.4, 0.5) is 0 Å². The summed E-state index contributed by atoms with van der Waals surface area (Å²) in [4.78, 5) is 24.8. The molecule has 0 aliphatic carbocycles. The van der Waals surface area contributed by atoms with Crippen molar-refractivity contribution in [2.24, 2.45) is 7.05 Å². The van der Waals surface area contributed by atoms with E-state index in [0.29, 0.717) is 5.76 Å². The van der Waals surface area contributed by atoms with Gasteiger partial charge >= 0.3 is 11.4 Å². The first-order valence-corrected chi connectivity index (χ1v) is 6.60. The smallest absolute Gasteiger partial charge is 0.335 e. The molecule has 0 aliphatic heterocycles. The zero-order chi connectivity index (χ0) is 15.1. The molecule has 2 aromatic heterocycles. The van der Waals surface area contributed by atoms with Gasteiger partial charge in [0.15, 0.2) is 4.77 Å². The van der Waals surface area contributed by atoms with Gasteiger partial charge in [-0.1, -0.05) is 0 Å². The minimum atomic E-state index is -0.625. The van der Waals surface area contributed by atoms with E-state index in [2.05, 4.69) is 0 Å². The zero-order valence-corrected chi connectivity index (χ0v) is 12.7. The molecular weight excluding hydrogens is 278 g/mol. The molecule has 20 heavy (non-hydrogen) atoms. The Morgan fingerprint density at radius 3 is 2.40 bits per heavy atom. The second-order valence-electron chi connectivity index (χ2n) is 5.58. The fraction of sp³-hybridized carbons (Fsp3) is 0.462. The van der Waals surface area contributed by atoms with Crippen molar-refractivity contribution in [2.75, 3.05) is 0 Å². The van der Waals surface area contributed by atoms with Crippen LogP contribution < -0.4 is 11.4 Å². The van der Waals surface area contributed by atoms with Crippen LogP contribution in [-0.4, -0.2) is 13.7 Å². The van der Waals surface area contributed by atoms with Gasteiger partial charge < -0.3 is 4.42 Å². The first kappa shape index (κ1) is 14.5. The molecule has 0 saturated carbocycles. The predicted octanol–water partition coefficient (Wildman–Crippen LogP) is 1.47. The van der Waals surface area contributed by atoms with Gasteiger partial charge in [0.25, 0.3) is 0 Å². The highest BCUT2D eigenvalue weighted by molar-refractivity contribution is 7.71. The third kappa shape index (κ3) is 2.40. The summed E-state index contributed by atoms with van der Waals surface area (Å²) in [5.41, 5.74) is -1.47. The molecule has 0 spiro atoms. The zero-order valence-electron chi connectivity index (χ0n) is 11.9. The molecule has 108 valence electrons. The van der Waals surface area contributed by atoms with Gasteiger partial charge in [0.1, 0.15) is 5.76 Å². The van der Waals surface area contributed by atoms with Crippen LogP contribution in [0, 0.1) is 4.77 Å². The molecule has 0 fully saturated rings. The van der Waals surface area contributed by atoms with Gasteiger partial charge in [-0.2, -0.15) is 0 Å². The van der Waals surface area contributed by atoms with Crippen LogP contribution in [0.3, 0.4) is 0 Å². The van der Waals surface area contributed by atoms with E-state index < -0.39 is 16.9 Å². The SMILES string of the molecule is Cn1c(=S)n(Cc2ccco2)c(=O)n(C(C)(C)C)c1=O. The summed E-state index contributed by atoms with van der Waals surface area (Å²) in [7, 11) is 1.56. The molecule has 0 unspecified atom stereocenters. The number of hydrogen-bond acceptors (Lipinski definition) is 4. The molecule has 0 radical (unpaired) electrons. The van der Waals surface area contributed by atoms with Gasteiger partial charge in [0.2, 0.25) is 0 Å². The summed E-state index contributed by atoms with van der Waals surface area (Å²) in [6.07, 6.45) is 1.53. The minimum absolute atomic E-state index is 0.178. The lowest BCUT2D eigenvalue weighted by molar-refractivity contribution is 0.329. The summed E-state index contributed by atoms with van der Waals surface area (Å²) < 4.78 is 9.28. The molecule has 0 N–H and O–H groups in total. The lowest BCUT2D eigenvalue weighted by atomic mass is 10.1. The summed E-state index contributed by atoms with van der Waals surface area (Å²) in [5.74, 6) is 0.609. The van der Waals surface area contributed by atoms with E-state index in [4.69, 9.17) is 16.6 Å². The first-order valence-electron chi connectivity index (χ1n) is 6.19. The number of rotatable bonds is 2. The third-order valence-corrected chi connectivity index (χ3v) is 3.48. The molecule has 2 rings (SSSR count). The van der Waals surface area contributed by atoms with E-state index in [1.807, 2.05) is 0 Å². The minimum Gasteiger partial charge on any atom is -0.467 e. The highest BCUT2D eigenvalue weighted by Gasteiger charge is 2.22. The average Bonchev–Trinajstić information content (AvgIpc) is 2.83. The first-order chi connectivity index (χ1) is 9.23. The molecule has 0 atom stereocenters. The highest BCUT2D eigenvalue weighted by Crippen LogP contribution is 2.08. The number of nitrogens with zero attached hydrogens (tertiary/aromatic N) is 3. The van der Waals surface area contributed by atoms with Crippen molar-refractivity contribution in [2.45, 2.75) is 32.9 Å². The van der Waals surface area contributed by atoms with E-state index in [1.165, 1.54) is 20.0 Å². The average molecular weight is 295 g/mol. The van der Waals surface area contributed by atoms with E-state index in [0.717, 1.165) is 0 Å². The van der Waals surface area contributed by atoms with E-state index in [-0.39, 0.29) is 11.3 Å². The summed E-state index contributed by atoms with van der Waals surface area (Å²) >= 11 is 5.19. The van der Waals surface area contributed by atoms with Gasteiger partial charge in [0, 0.05) is 12.6 Å². The Bertz CT molecular complexity index is 788. The normalized spacial score (nSPS) is 11.8. The van der Waals surface area contributed by atoms with E-state index in [9.17, 15) is 9.59 Å². The van der Waals surface area contributed by atoms with E-state index >= 15 is 0 Å². The molecule has 0 aliphatic rings. The van der Waals surface area contributed by atoms with Crippen LogP contribution in [0.2, 0.25) is 0 Å². The topological polar surface area (TPSA) is 62.1 Å². The number of hydrogen-bond donors (Lipinski definition) is 0. The number of furan rings is 1. The van der Waals surface area contributed by atoms with Crippen molar-refractivity contribution in [3.05, 3.63) is 49.9 Å². The maximum Gasteiger partial charge on any atom is 0.335 e. The van der Waals surface area contributed by atoms with Crippen LogP contribution in [0.1, 0.15) is 26.5 Å². The fourth-order valence-corrected chi connectivity index (χ4v) is 2.19. The molecule has 6 nitrogen and oxygen atoms in total. The Labute approximate surface area is 120 Å². The van der Waals surface area contributed by atoms with Gasteiger partial charge in [-0.3, -0.25) is 9.13 Å². The molecule has 0 saturated heterocycles. The largest absolute Gasteiger partial charge is 0.467 e. The lowest BCUT2D eigenvalue weighted by Crippen LogP contribution is -2.51. The third-order valence-electron chi connectivity index (χ3n) is 2.98. The van der Waals surface area contributed by atoms with Gasteiger partial charge in [-0.25, -0.2) is 14.2 Å². The fourth-order valence-electron chi connectivity index (χ4n) is 1.96. The molecule has 2 heterocycles. The Kier molecular flexibility index (Phi) is 3.56. The molecular formula is C13H17N3O3S. The van der Waals surface area contributed by atoms with Crippen molar-refractivity contribution in [1.82, 2.24) is 13.7 Å². The van der Waals surface area contributed by atoms with Crippen molar-refractivity contribution in [3.8, 4) is 0 Å². The summed E-state index contributed by atoms with van der Waals surface area (Å²) in [6.45, 7) is 5.61. The quantitative estimate of drug-likeness (QED) is 0.787. The Hall–Kier alpha value is -1.89. The lowest BCUT2D eigenvalue weighted by Gasteiger charge is -2.23. The molecule has 2 aromatic rings. The van der Waals surface area contributed by atoms with Crippen molar-refractivity contribution < 1.29 is 4.42 Å². The predicted molar refractivity (Wildman–Crippen MR) is 77.6 cm³/mol. The van der Waals surface area contributed by atoms with Crippen LogP contribution in [0.5, 0.6) is 0 Å². The Morgan fingerprint density at radius 2 is 1.90 bits per heavy atom. The standard InChI is InChI=1S/C13H17N3O3S/c1-13(2,3)16-10(17)14(4)12(20)15(11(16)18)8-9-6-5-7-19-9/h5-7H,8H2,1-4H3. The molecule has 0 aromatic carbocycles. The second-order valence-corrected chi connectivity index (χ2v) is 5.94. The summed E-state index contributed by atoms with van der Waals surface area (Å²) in [5, 5.41) is 0. The van der Waals surface area contributed by atoms with Crippen LogP contribution >= 0.6 is 12.2 Å². The van der Waals surface area contributed by atoms with Crippen molar-refractivity contribution >= 4 is 12.2 Å². The van der Waals surface area contributed by atoms with Gasteiger partial charge in [0.05, 0.1) is 12.8 Å². The van der Waals surface area contributed by atoms with Crippen molar-refractivity contribution in [1.29, 1.82) is 0 Å². The van der Waals surface area contributed by atoms with E-state index in [1.54, 1.807) is 40.0 Å². The Morgan fingerprint density at radius 1 is 1.25 bits per heavy atom. The van der Waals surface area contributed by atoms with Crippen LogP contribution in [0.25, 0.3) is 0 Å². The molecule has 7 heteroatoms. The maximum absolute atomic E-state index is 12.5. The Balaban J connectivity index is 2.76. The highest BCUT2D eigenvalue weighted by atomic mass is 32.1. The molecule has 0 amide bonds. The second kappa shape index (κ2) is 4.90. The van der Waals surface area contributed by atoms with Crippen molar-refractivity contribution in [3.63, 3.8) is 0 Å². The molecule has 0 bridgehead atoms.